The van der Waals surface area contributed by atoms with Crippen molar-refractivity contribution in [1.82, 2.24) is 4.98 Å². The van der Waals surface area contributed by atoms with Crippen molar-refractivity contribution in [2.75, 3.05) is 14.2 Å². The molecule has 4 atom stereocenters. The minimum absolute atomic E-state index is 0.170. The second-order valence-corrected chi connectivity index (χ2v) is 10.1. The van der Waals surface area contributed by atoms with E-state index >= 15 is 0 Å². The Morgan fingerprint density at radius 2 is 1.69 bits per heavy atom. The Hall–Kier alpha value is -2.61. The molecule has 7 heteroatoms. The summed E-state index contributed by atoms with van der Waals surface area (Å²) in [5, 5.41) is 30.7. The molecule has 0 aromatic carbocycles. The second kappa shape index (κ2) is 13.6. The molecule has 0 unspecified atom stereocenters. The zero-order chi connectivity index (χ0) is 27.8. The average molecular weight is 504 g/mol. The predicted molar refractivity (Wildman–Crippen MR) is 146 cm³/mol. The molecule has 202 valence electrons. The highest BCUT2D eigenvalue weighted by molar-refractivity contribution is 5.40. The summed E-state index contributed by atoms with van der Waals surface area (Å²) in [4.78, 5) is 15.7. The number of aromatic nitrogens is 1. The van der Waals surface area contributed by atoms with Gasteiger partial charge in [-0.1, -0.05) is 41.9 Å². The summed E-state index contributed by atoms with van der Waals surface area (Å²) in [6, 6.07) is 0. The van der Waals surface area contributed by atoms with Crippen molar-refractivity contribution in [1.29, 1.82) is 0 Å². The van der Waals surface area contributed by atoms with Gasteiger partial charge in [-0.3, -0.25) is 4.79 Å². The molecule has 0 saturated heterocycles. The molecule has 1 aromatic heterocycles. The van der Waals surface area contributed by atoms with Gasteiger partial charge in [-0.2, -0.15) is 0 Å². The third-order valence-electron chi connectivity index (χ3n) is 6.42. The van der Waals surface area contributed by atoms with Crippen molar-refractivity contribution in [2.45, 2.75) is 86.0 Å². The molecule has 7 nitrogen and oxygen atoms in total. The van der Waals surface area contributed by atoms with Gasteiger partial charge >= 0.3 is 0 Å². The Morgan fingerprint density at radius 3 is 2.22 bits per heavy atom. The Bertz CT molecular complexity index is 1070. The van der Waals surface area contributed by atoms with Crippen LogP contribution in [0.1, 0.15) is 66.1 Å². The van der Waals surface area contributed by atoms with Crippen LogP contribution in [0.2, 0.25) is 0 Å². The zero-order valence-electron chi connectivity index (χ0n) is 23.5. The number of methoxy groups -OCH3 is 2. The lowest BCUT2D eigenvalue weighted by Crippen LogP contribution is -2.36. The van der Waals surface area contributed by atoms with Gasteiger partial charge in [-0.05, 0) is 66.5 Å². The Kier molecular flexibility index (Phi) is 11.9. The van der Waals surface area contributed by atoms with E-state index in [1.165, 1.54) is 45.3 Å². The van der Waals surface area contributed by atoms with Crippen molar-refractivity contribution >= 4 is 0 Å². The lowest BCUT2D eigenvalue weighted by Gasteiger charge is -2.26. The van der Waals surface area contributed by atoms with E-state index < -0.39 is 17.8 Å². The lowest BCUT2D eigenvalue weighted by molar-refractivity contribution is -0.0168. The van der Waals surface area contributed by atoms with Crippen LogP contribution in [0.25, 0.3) is 0 Å². The topological polar surface area (TPSA) is 112 Å². The van der Waals surface area contributed by atoms with Crippen molar-refractivity contribution < 1.29 is 24.8 Å². The van der Waals surface area contributed by atoms with Gasteiger partial charge in [0.1, 0.15) is 5.60 Å². The summed E-state index contributed by atoms with van der Waals surface area (Å²) < 4.78 is 10.4. The molecular formula is C29H45NO6. The van der Waals surface area contributed by atoms with Crippen molar-refractivity contribution in [3.63, 3.8) is 0 Å². The van der Waals surface area contributed by atoms with Crippen LogP contribution in [0.5, 0.6) is 11.6 Å². The fourth-order valence-corrected chi connectivity index (χ4v) is 4.09. The van der Waals surface area contributed by atoms with Gasteiger partial charge in [0.2, 0.25) is 17.1 Å². The first-order valence-electron chi connectivity index (χ1n) is 12.3. The highest BCUT2D eigenvalue weighted by Crippen LogP contribution is 2.23. The monoisotopic (exact) mass is 503 g/mol. The first-order valence-corrected chi connectivity index (χ1v) is 12.3. The van der Waals surface area contributed by atoms with Crippen LogP contribution in [-0.4, -0.2) is 52.3 Å². The molecule has 0 fully saturated rings. The standard InChI is InChI=1S/C29H45NO6/c1-17(11-12-24-22(6)26(33)27(35-9)28(30-24)36-10)13-18(2)14-19(3)15-20(4)25(32)21(5)16-29(8,34)23(7)31/h11,14-16,20,23,25,31-32,34H,12-13H2,1-10H3,(H,30,33)/b17-11+,18-14+,19-15+,21-16+/t20-,23+,25-,29-/m1/s1. The lowest BCUT2D eigenvalue weighted by atomic mass is 9.90. The Morgan fingerprint density at radius 1 is 1.08 bits per heavy atom. The van der Waals surface area contributed by atoms with E-state index in [4.69, 9.17) is 9.47 Å². The SMILES string of the molecule is COc1[nH]c(C/C=C(\C)C/C(C)=C/C(C)=C/[C@@H](C)[C@@H](O)/C(C)=C/[C@@](C)(O)[C@H](C)O)c(C)c(=O)c1OC. The largest absolute Gasteiger partial charge is 0.488 e. The summed E-state index contributed by atoms with van der Waals surface area (Å²) >= 11 is 0. The normalized spacial score (nSPS) is 17.9. The maximum absolute atomic E-state index is 12.5. The number of hydrogen-bond acceptors (Lipinski definition) is 6. The van der Waals surface area contributed by atoms with Gasteiger partial charge in [0.15, 0.2) is 0 Å². The van der Waals surface area contributed by atoms with Crippen molar-refractivity contribution in [3.8, 4) is 11.6 Å². The van der Waals surface area contributed by atoms with Gasteiger partial charge in [0.25, 0.3) is 0 Å². The quantitative estimate of drug-likeness (QED) is 0.246. The highest BCUT2D eigenvalue weighted by atomic mass is 16.5. The molecule has 0 aliphatic carbocycles. The number of aromatic amines is 1. The Labute approximate surface area is 215 Å². The predicted octanol–water partition coefficient (Wildman–Crippen LogP) is 4.55. The molecule has 0 bridgehead atoms. The minimum atomic E-state index is -1.40. The van der Waals surface area contributed by atoms with Gasteiger partial charge in [-0.15, -0.1) is 0 Å². The van der Waals surface area contributed by atoms with E-state index in [0.717, 1.165) is 17.7 Å². The molecular weight excluding hydrogens is 458 g/mol. The summed E-state index contributed by atoms with van der Waals surface area (Å²) in [6.07, 6.45) is 7.33. The molecule has 36 heavy (non-hydrogen) atoms. The minimum Gasteiger partial charge on any atom is -0.488 e. The Balaban J connectivity index is 2.93. The van der Waals surface area contributed by atoms with Gasteiger partial charge < -0.3 is 29.8 Å². The highest BCUT2D eigenvalue weighted by Gasteiger charge is 2.26. The van der Waals surface area contributed by atoms with Crippen LogP contribution in [0.15, 0.2) is 51.4 Å². The number of aliphatic hydroxyl groups excluding tert-OH is 2. The van der Waals surface area contributed by atoms with Gasteiger partial charge in [-0.25, -0.2) is 0 Å². The summed E-state index contributed by atoms with van der Waals surface area (Å²) in [7, 11) is 2.94. The van der Waals surface area contributed by atoms with Crippen LogP contribution >= 0.6 is 0 Å². The molecule has 0 aliphatic rings. The smallest absolute Gasteiger partial charge is 0.238 e. The van der Waals surface area contributed by atoms with Crippen LogP contribution in [0, 0.1) is 12.8 Å². The van der Waals surface area contributed by atoms with E-state index in [2.05, 4.69) is 31.0 Å². The third kappa shape index (κ3) is 8.80. The third-order valence-corrected chi connectivity index (χ3v) is 6.42. The van der Waals surface area contributed by atoms with Crippen LogP contribution < -0.4 is 14.9 Å². The van der Waals surface area contributed by atoms with Gasteiger partial charge in [0, 0.05) is 23.6 Å². The van der Waals surface area contributed by atoms with Gasteiger partial charge in [0.05, 0.1) is 26.4 Å². The average Bonchev–Trinajstić information content (AvgIpc) is 2.78. The number of nitrogens with one attached hydrogen (secondary N) is 1. The number of pyridine rings is 1. The van der Waals surface area contributed by atoms with Crippen LogP contribution in [0.4, 0.5) is 0 Å². The number of hydrogen-bond donors (Lipinski definition) is 4. The number of aliphatic hydroxyl groups is 3. The van der Waals surface area contributed by atoms with E-state index in [1.807, 2.05) is 19.9 Å². The fraction of sp³-hybridized carbons (Fsp3) is 0.552. The van der Waals surface area contributed by atoms with E-state index in [9.17, 15) is 20.1 Å². The molecule has 1 rings (SSSR count). The van der Waals surface area contributed by atoms with E-state index in [0.29, 0.717) is 23.4 Å². The van der Waals surface area contributed by atoms with Crippen molar-refractivity contribution in [2.24, 2.45) is 5.92 Å². The van der Waals surface area contributed by atoms with Crippen LogP contribution in [0.3, 0.4) is 0 Å². The first-order chi connectivity index (χ1) is 16.6. The maximum atomic E-state index is 12.5. The van der Waals surface area contributed by atoms with Crippen molar-refractivity contribution in [3.05, 3.63) is 68.1 Å². The molecule has 0 radical (unpaired) electrons. The number of H-pyrrole nitrogens is 1. The van der Waals surface area contributed by atoms with E-state index in [-0.39, 0.29) is 17.1 Å². The summed E-state index contributed by atoms with van der Waals surface area (Å²) in [5.41, 5.74) is 3.79. The summed E-state index contributed by atoms with van der Waals surface area (Å²) in [5.74, 6) is 0.331. The number of rotatable bonds is 12. The molecule has 0 saturated carbocycles. The number of ether oxygens (including phenoxy) is 2. The summed E-state index contributed by atoms with van der Waals surface area (Å²) in [6.45, 7) is 14.6. The zero-order valence-corrected chi connectivity index (χ0v) is 23.5. The number of allylic oxidation sites excluding steroid dienone is 5. The fourth-order valence-electron chi connectivity index (χ4n) is 4.09. The molecule has 4 N–H and O–H groups in total. The molecule has 0 spiro atoms. The maximum Gasteiger partial charge on any atom is 0.238 e. The van der Waals surface area contributed by atoms with E-state index in [1.54, 1.807) is 13.8 Å². The molecule has 1 heterocycles. The molecule has 1 aromatic rings. The molecule has 0 aliphatic heterocycles. The second-order valence-electron chi connectivity index (χ2n) is 10.1. The first kappa shape index (κ1) is 31.4. The van der Waals surface area contributed by atoms with Crippen LogP contribution in [-0.2, 0) is 6.42 Å². The molecule has 0 amide bonds.